The summed E-state index contributed by atoms with van der Waals surface area (Å²) < 4.78 is 0. The van der Waals surface area contributed by atoms with Gasteiger partial charge in [0.05, 0.1) is 0 Å². The molecule has 5 heteroatoms. The van der Waals surface area contributed by atoms with E-state index in [1.165, 1.54) is 17.8 Å². The Kier molecular flexibility index (Phi) is 4.79. The van der Waals surface area contributed by atoms with Gasteiger partial charge in [-0.2, -0.15) is 0 Å². The molecule has 1 aromatic carbocycles. The van der Waals surface area contributed by atoms with Crippen LogP contribution in [0.2, 0.25) is 5.02 Å². The Morgan fingerprint density at radius 3 is 2.82 bits per heavy atom. The van der Waals surface area contributed by atoms with Crippen LogP contribution in [-0.2, 0) is 0 Å². The zero-order chi connectivity index (χ0) is 15.5. The first-order chi connectivity index (χ1) is 10.6. The highest BCUT2D eigenvalue weighted by atomic mass is 35.5. The largest absolute Gasteiger partial charge is 0.337 e. The van der Waals surface area contributed by atoms with Crippen LogP contribution < -0.4 is 0 Å². The van der Waals surface area contributed by atoms with Crippen molar-refractivity contribution in [2.24, 2.45) is 5.92 Å². The lowest BCUT2D eigenvalue weighted by molar-refractivity contribution is 0.0755. The van der Waals surface area contributed by atoms with Crippen LogP contribution in [0.15, 0.2) is 29.6 Å². The summed E-state index contributed by atoms with van der Waals surface area (Å²) in [4.78, 5) is 19.1. The molecule has 0 bridgehead atoms. The maximum absolute atomic E-state index is 12.6. The van der Waals surface area contributed by atoms with E-state index in [0.717, 1.165) is 36.5 Å². The molecule has 1 fully saturated rings. The first-order valence-electron chi connectivity index (χ1n) is 7.64. The molecule has 1 atom stereocenters. The third-order valence-corrected chi connectivity index (χ3v) is 5.26. The number of thiazole rings is 1. The summed E-state index contributed by atoms with van der Waals surface area (Å²) in [6, 6.07) is 7.55. The summed E-state index contributed by atoms with van der Waals surface area (Å²) in [5, 5.41) is 3.43. The van der Waals surface area contributed by atoms with Gasteiger partial charge >= 0.3 is 0 Å². The minimum absolute atomic E-state index is 0.0607. The van der Waals surface area contributed by atoms with Gasteiger partial charge in [0, 0.05) is 29.1 Å². The van der Waals surface area contributed by atoms with E-state index >= 15 is 0 Å². The lowest BCUT2D eigenvalue weighted by Crippen LogP contribution is -2.32. The normalized spacial score (nSPS) is 19.0. The number of benzene rings is 1. The summed E-state index contributed by atoms with van der Waals surface area (Å²) in [7, 11) is 0. The third-order valence-electron chi connectivity index (χ3n) is 4.12. The second-order valence-corrected chi connectivity index (χ2v) is 7.17. The van der Waals surface area contributed by atoms with E-state index in [9.17, 15) is 4.79 Å². The second kappa shape index (κ2) is 6.80. The van der Waals surface area contributed by atoms with Gasteiger partial charge in [-0.1, -0.05) is 30.7 Å². The van der Waals surface area contributed by atoms with Gasteiger partial charge in [-0.05, 0) is 37.3 Å². The molecule has 1 amide bonds. The summed E-state index contributed by atoms with van der Waals surface area (Å²) >= 11 is 7.41. The topological polar surface area (TPSA) is 33.2 Å². The summed E-state index contributed by atoms with van der Waals surface area (Å²) in [6.45, 7) is 3.94. The molecule has 1 aliphatic heterocycles. The second-order valence-electron chi connectivity index (χ2n) is 5.87. The maximum atomic E-state index is 12.6. The van der Waals surface area contributed by atoms with Gasteiger partial charge in [0.15, 0.2) is 0 Å². The van der Waals surface area contributed by atoms with Crippen LogP contribution in [0.1, 0.15) is 36.7 Å². The molecule has 1 unspecified atom stereocenters. The Balaban J connectivity index is 1.75. The number of carbonyl (C=O) groups excluding carboxylic acids is 1. The van der Waals surface area contributed by atoms with Crippen LogP contribution in [-0.4, -0.2) is 28.9 Å². The van der Waals surface area contributed by atoms with Crippen LogP contribution in [0.5, 0.6) is 0 Å². The fraction of sp³-hybridized carbons (Fsp3) is 0.412. The number of amides is 1. The van der Waals surface area contributed by atoms with E-state index in [1.54, 1.807) is 0 Å². The number of carbonyl (C=O) groups is 1. The van der Waals surface area contributed by atoms with Crippen molar-refractivity contribution in [3.63, 3.8) is 0 Å². The van der Waals surface area contributed by atoms with Gasteiger partial charge in [0.1, 0.15) is 10.7 Å². The Morgan fingerprint density at radius 2 is 2.05 bits per heavy atom. The summed E-state index contributed by atoms with van der Waals surface area (Å²) in [6.07, 6.45) is 3.37. The van der Waals surface area contributed by atoms with Gasteiger partial charge < -0.3 is 4.90 Å². The predicted molar refractivity (Wildman–Crippen MR) is 91.5 cm³/mol. The van der Waals surface area contributed by atoms with Crippen molar-refractivity contribution < 1.29 is 4.79 Å². The van der Waals surface area contributed by atoms with E-state index in [0.29, 0.717) is 16.6 Å². The standard InChI is InChI=1S/C17H19ClN2OS/c1-12-3-2-9-20(10-8-12)17(21)15-11-22-16(19-15)13-4-6-14(18)7-5-13/h4-7,11-12H,2-3,8-10H2,1H3. The number of nitrogens with zero attached hydrogens (tertiary/aromatic N) is 2. The van der Waals surface area contributed by atoms with E-state index in [1.807, 2.05) is 34.5 Å². The minimum atomic E-state index is 0.0607. The monoisotopic (exact) mass is 334 g/mol. The molecule has 3 rings (SSSR count). The van der Waals surface area contributed by atoms with E-state index in [-0.39, 0.29) is 5.91 Å². The van der Waals surface area contributed by atoms with Crippen LogP contribution in [0.25, 0.3) is 10.6 Å². The van der Waals surface area contributed by atoms with Crippen molar-refractivity contribution in [2.45, 2.75) is 26.2 Å². The lowest BCUT2D eigenvalue weighted by atomic mass is 10.0. The van der Waals surface area contributed by atoms with Gasteiger partial charge in [0.25, 0.3) is 5.91 Å². The first kappa shape index (κ1) is 15.5. The highest BCUT2D eigenvalue weighted by Gasteiger charge is 2.21. The van der Waals surface area contributed by atoms with Crippen molar-refractivity contribution in [1.29, 1.82) is 0 Å². The predicted octanol–water partition coefficient (Wildman–Crippen LogP) is 4.73. The Hall–Kier alpha value is -1.39. The van der Waals surface area contributed by atoms with Crippen molar-refractivity contribution in [3.05, 3.63) is 40.4 Å². The smallest absolute Gasteiger partial charge is 0.273 e. The number of halogens is 1. The lowest BCUT2D eigenvalue weighted by Gasteiger charge is -2.19. The molecule has 116 valence electrons. The van der Waals surface area contributed by atoms with E-state index in [4.69, 9.17) is 11.6 Å². The SMILES string of the molecule is CC1CCCN(C(=O)c2csc(-c3ccc(Cl)cc3)n2)CC1. The van der Waals surface area contributed by atoms with E-state index in [2.05, 4.69) is 11.9 Å². The molecular formula is C17H19ClN2OS. The van der Waals surface area contributed by atoms with E-state index < -0.39 is 0 Å². The van der Waals surface area contributed by atoms with Gasteiger partial charge in [-0.15, -0.1) is 11.3 Å². The fourth-order valence-corrected chi connectivity index (χ4v) is 3.65. The summed E-state index contributed by atoms with van der Waals surface area (Å²) in [5.41, 5.74) is 1.56. The van der Waals surface area contributed by atoms with Crippen LogP contribution >= 0.6 is 22.9 Å². The zero-order valence-corrected chi connectivity index (χ0v) is 14.2. The Labute approximate surface area is 139 Å². The number of aromatic nitrogens is 1. The number of hydrogen-bond acceptors (Lipinski definition) is 3. The van der Waals surface area contributed by atoms with Crippen molar-refractivity contribution in [1.82, 2.24) is 9.88 Å². The third kappa shape index (κ3) is 3.50. The molecule has 0 radical (unpaired) electrons. The maximum Gasteiger partial charge on any atom is 0.273 e. The zero-order valence-electron chi connectivity index (χ0n) is 12.6. The van der Waals surface area contributed by atoms with Crippen LogP contribution in [0.3, 0.4) is 0 Å². The molecule has 0 spiro atoms. The summed E-state index contributed by atoms with van der Waals surface area (Å²) in [5.74, 6) is 0.767. The fourth-order valence-electron chi connectivity index (χ4n) is 2.73. The van der Waals surface area contributed by atoms with Gasteiger partial charge in [-0.3, -0.25) is 4.79 Å². The van der Waals surface area contributed by atoms with Crippen molar-refractivity contribution in [2.75, 3.05) is 13.1 Å². The number of rotatable bonds is 2. The highest BCUT2D eigenvalue weighted by molar-refractivity contribution is 7.13. The molecule has 0 saturated carbocycles. The average molecular weight is 335 g/mol. The van der Waals surface area contributed by atoms with Gasteiger partial charge in [0.2, 0.25) is 0 Å². The number of hydrogen-bond donors (Lipinski definition) is 0. The van der Waals surface area contributed by atoms with Crippen molar-refractivity contribution >= 4 is 28.8 Å². The Morgan fingerprint density at radius 1 is 1.27 bits per heavy atom. The molecular weight excluding hydrogens is 316 g/mol. The van der Waals surface area contributed by atoms with Crippen LogP contribution in [0.4, 0.5) is 0 Å². The molecule has 1 aliphatic rings. The Bertz CT molecular complexity index is 653. The molecule has 0 N–H and O–H groups in total. The first-order valence-corrected chi connectivity index (χ1v) is 8.90. The quantitative estimate of drug-likeness (QED) is 0.795. The molecule has 2 aromatic rings. The molecule has 2 heterocycles. The highest BCUT2D eigenvalue weighted by Crippen LogP contribution is 2.26. The molecule has 0 aliphatic carbocycles. The van der Waals surface area contributed by atoms with Crippen molar-refractivity contribution in [3.8, 4) is 10.6 Å². The molecule has 3 nitrogen and oxygen atoms in total. The van der Waals surface area contributed by atoms with Gasteiger partial charge in [-0.25, -0.2) is 4.98 Å². The molecule has 1 aromatic heterocycles. The molecule has 1 saturated heterocycles. The van der Waals surface area contributed by atoms with Crippen LogP contribution in [0, 0.1) is 5.92 Å². The minimum Gasteiger partial charge on any atom is -0.337 e. The number of likely N-dealkylation sites (tertiary alicyclic amines) is 1. The molecule has 22 heavy (non-hydrogen) atoms. The average Bonchev–Trinajstić information content (AvgIpc) is 2.90.